The lowest BCUT2D eigenvalue weighted by atomic mass is 10.2. The Morgan fingerprint density at radius 2 is 1.76 bits per heavy atom. The van der Waals surface area contributed by atoms with E-state index in [1.54, 1.807) is 0 Å². The average molecular weight is 408 g/mol. The molecule has 0 aliphatic heterocycles. The van der Waals surface area contributed by atoms with E-state index in [9.17, 15) is 4.79 Å². The Labute approximate surface area is 135 Å². The van der Waals surface area contributed by atoms with Gasteiger partial charge in [0.2, 0.25) is 5.91 Å². The van der Waals surface area contributed by atoms with Crippen LogP contribution in [-0.4, -0.2) is 41.1 Å². The van der Waals surface area contributed by atoms with Gasteiger partial charge in [-0.05, 0) is 59.8 Å². The molecule has 8 heteroatoms. The molecule has 4 N–H and O–H groups in total. The number of likely N-dealkylation sites (N-methyl/N-ethyl adjacent to an activating group) is 1. The molecule has 0 heterocycles. The standard InChI is InChI=1S/C11H15IN2O.C2H2O4/c1-3-13-7-11(15)14-10-5-4-9(12)6-8(10)2;3-1(4)2(5)6/h4-6,13H,3,7H2,1-2H3,(H,14,15);(H,3,4)(H,5,6). The van der Waals surface area contributed by atoms with Gasteiger partial charge in [0, 0.05) is 9.26 Å². The maximum atomic E-state index is 11.4. The normalized spacial score (nSPS) is 9.29. The van der Waals surface area contributed by atoms with E-state index in [0.717, 1.165) is 17.8 Å². The summed E-state index contributed by atoms with van der Waals surface area (Å²) in [5.41, 5.74) is 1.98. The van der Waals surface area contributed by atoms with E-state index in [1.807, 2.05) is 32.0 Å². The van der Waals surface area contributed by atoms with Crippen molar-refractivity contribution in [3.63, 3.8) is 0 Å². The van der Waals surface area contributed by atoms with Gasteiger partial charge in [0.05, 0.1) is 6.54 Å². The lowest BCUT2D eigenvalue weighted by Gasteiger charge is -2.08. The number of rotatable bonds is 4. The molecule has 0 atom stereocenters. The highest BCUT2D eigenvalue weighted by Crippen LogP contribution is 2.17. The van der Waals surface area contributed by atoms with Crippen LogP contribution in [0.25, 0.3) is 0 Å². The first-order chi connectivity index (χ1) is 9.77. The number of aryl methyl sites for hydroxylation is 1. The van der Waals surface area contributed by atoms with Gasteiger partial charge in [0.15, 0.2) is 0 Å². The van der Waals surface area contributed by atoms with Gasteiger partial charge in [-0.25, -0.2) is 9.59 Å². The maximum absolute atomic E-state index is 11.4. The second-order valence-corrected chi connectivity index (χ2v) is 5.14. The van der Waals surface area contributed by atoms with Crippen LogP contribution in [0.2, 0.25) is 0 Å². The van der Waals surface area contributed by atoms with Crippen molar-refractivity contribution in [1.82, 2.24) is 5.32 Å². The summed E-state index contributed by atoms with van der Waals surface area (Å²) in [5, 5.41) is 20.6. The molecule has 0 saturated heterocycles. The van der Waals surface area contributed by atoms with Crippen molar-refractivity contribution >= 4 is 46.1 Å². The van der Waals surface area contributed by atoms with Gasteiger partial charge in [0.1, 0.15) is 0 Å². The molecule has 1 aromatic carbocycles. The first-order valence-electron chi connectivity index (χ1n) is 6.00. The largest absolute Gasteiger partial charge is 0.473 e. The minimum absolute atomic E-state index is 0.00107. The summed E-state index contributed by atoms with van der Waals surface area (Å²) in [4.78, 5) is 29.6. The number of carbonyl (C=O) groups is 3. The summed E-state index contributed by atoms with van der Waals surface area (Å²) in [6, 6.07) is 5.96. The van der Waals surface area contributed by atoms with Crippen LogP contribution in [0.1, 0.15) is 12.5 Å². The van der Waals surface area contributed by atoms with Crippen LogP contribution < -0.4 is 10.6 Å². The zero-order valence-electron chi connectivity index (χ0n) is 11.6. The Bertz CT molecular complexity index is 507. The Kier molecular flexibility index (Phi) is 9.30. The molecule has 0 bridgehead atoms. The lowest BCUT2D eigenvalue weighted by molar-refractivity contribution is -0.159. The molecule has 1 aromatic rings. The SMILES string of the molecule is CCNCC(=O)Nc1ccc(I)cc1C.O=C(O)C(=O)O. The van der Waals surface area contributed by atoms with Gasteiger partial charge >= 0.3 is 11.9 Å². The molecule has 1 rings (SSSR count). The molecule has 116 valence electrons. The van der Waals surface area contributed by atoms with E-state index < -0.39 is 11.9 Å². The van der Waals surface area contributed by atoms with Gasteiger partial charge < -0.3 is 20.8 Å². The summed E-state index contributed by atoms with van der Waals surface area (Å²) < 4.78 is 1.18. The van der Waals surface area contributed by atoms with Crippen LogP contribution in [0.4, 0.5) is 5.69 Å². The Hall–Kier alpha value is -1.68. The summed E-state index contributed by atoms with van der Waals surface area (Å²) >= 11 is 2.25. The van der Waals surface area contributed by atoms with Crippen molar-refractivity contribution in [3.8, 4) is 0 Å². The van der Waals surface area contributed by atoms with Gasteiger partial charge in [-0.3, -0.25) is 4.79 Å². The molecule has 7 nitrogen and oxygen atoms in total. The van der Waals surface area contributed by atoms with Crippen molar-refractivity contribution in [2.75, 3.05) is 18.4 Å². The van der Waals surface area contributed by atoms with Gasteiger partial charge in [-0.2, -0.15) is 0 Å². The summed E-state index contributed by atoms with van der Waals surface area (Å²) in [6.45, 7) is 5.13. The predicted octanol–water partition coefficient (Wildman–Crippen LogP) is 1.30. The van der Waals surface area contributed by atoms with E-state index in [-0.39, 0.29) is 5.91 Å². The number of nitrogens with one attached hydrogen (secondary N) is 2. The number of aliphatic carboxylic acids is 2. The Morgan fingerprint density at radius 3 is 2.19 bits per heavy atom. The maximum Gasteiger partial charge on any atom is 0.414 e. The minimum atomic E-state index is -1.82. The lowest BCUT2D eigenvalue weighted by Crippen LogP contribution is -2.27. The van der Waals surface area contributed by atoms with E-state index in [1.165, 1.54) is 3.57 Å². The molecular weight excluding hydrogens is 391 g/mol. The number of benzene rings is 1. The summed E-state index contributed by atoms with van der Waals surface area (Å²) in [6.07, 6.45) is 0. The molecule has 0 unspecified atom stereocenters. The number of anilines is 1. The number of hydrogen-bond acceptors (Lipinski definition) is 4. The third-order valence-electron chi connectivity index (χ3n) is 2.18. The fourth-order valence-corrected chi connectivity index (χ4v) is 1.85. The first-order valence-corrected chi connectivity index (χ1v) is 7.08. The van der Waals surface area contributed by atoms with Crippen LogP contribution in [0.3, 0.4) is 0 Å². The molecule has 0 aliphatic rings. The van der Waals surface area contributed by atoms with Crippen LogP contribution in [0.5, 0.6) is 0 Å². The van der Waals surface area contributed by atoms with Crippen LogP contribution in [0.15, 0.2) is 18.2 Å². The zero-order chi connectivity index (χ0) is 16.4. The minimum Gasteiger partial charge on any atom is -0.473 e. The van der Waals surface area contributed by atoms with E-state index in [2.05, 4.69) is 33.2 Å². The van der Waals surface area contributed by atoms with Crippen molar-refractivity contribution in [1.29, 1.82) is 0 Å². The quantitative estimate of drug-likeness (QED) is 0.441. The van der Waals surface area contributed by atoms with Gasteiger partial charge in [-0.1, -0.05) is 6.92 Å². The van der Waals surface area contributed by atoms with Crippen molar-refractivity contribution in [2.45, 2.75) is 13.8 Å². The number of amides is 1. The highest BCUT2D eigenvalue weighted by Gasteiger charge is 2.04. The fraction of sp³-hybridized carbons (Fsp3) is 0.308. The molecule has 1 amide bonds. The molecular formula is C13H17IN2O5. The third-order valence-corrected chi connectivity index (χ3v) is 2.85. The van der Waals surface area contributed by atoms with Crippen molar-refractivity contribution in [2.24, 2.45) is 0 Å². The number of halogens is 1. The van der Waals surface area contributed by atoms with Crippen LogP contribution in [0, 0.1) is 10.5 Å². The van der Waals surface area contributed by atoms with Gasteiger partial charge in [-0.15, -0.1) is 0 Å². The summed E-state index contributed by atoms with van der Waals surface area (Å²) in [5.74, 6) is -3.65. The summed E-state index contributed by atoms with van der Waals surface area (Å²) in [7, 11) is 0. The second kappa shape index (κ2) is 10.1. The molecule has 0 fully saturated rings. The van der Waals surface area contributed by atoms with Crippen LogP contribution in [-0.2, 0) is 14.4 Å². The number of carboxylic acids is 2. The molecule has 0 aromatic heterocycles. The van der Waals surface area contributed by atoms with Crippen molar-refractivity contribution in [3.05, 3.63) is 27.3 Å². The highest BCUT2D eigenvalue weighted by molar-refractivity contribution is 14.1. The molecule has 0 saturated carbocycles. The Balaban J connectivity index is 0.000000567. The molecule has 21 heavy (non-hydrogen) atoms. The fourth-order valence-electron chi connectivity index (χ4n) is 1.20. The Morgan fingerprint density at radius 1 is 1.19 bits per heavy atom. The first kappa shape index (κ1) is 19.3. The number of carboxylic acid groups (broad SMARTS) is 2. The second-order valence-electron chi connectivity index (χ2n) is 3.90. The third kappa shape index (κ3) is 8.97. The molecule has 0 aliphatic carbocycles. The average Bonchev–Trinajstić information content (AvgIpc) is 2.40. The van der Waals surface area contributed by atoms with E-state index in [0.29, 0.717) is 6.54 Å². The molecule has 0 radical (unpaired) electrons. The smallest absolute Gasteiger partial charge is 0.414 e. The highest BCUT2D eigenvalue weighted by atomic mass is 127. The van der Waals surface area contributed by atoms with Crippen molar-refractivity contribution < 1.29 is 24.6 Å². The van der Waals surface area contributed by atoms with E-state index >= 15 is 0 Å². The number of carbonyl (C=O) groups excluding carboxylic acids is 1. The predicted molar refractivity (Wildman–Crippen MR) is 86.3 cm³/mol. The van der Waals surface area contributed by atoms with Crippen LogP contribution >= 0.6 is 22.6 Å². The zero-order valence-corrected chi connectivity index (χ0v) is 13.8. The monoisotopic (exact) mass is 408 g/mol. The topological polar surface area (TPSA) is 116 Å². The number of hydrogen-bond donors (Lipinski definition) is 4. The van der Waals surface area contributed by atoms with E-state index in [4.69, 9.17) is 19.8 Å². The van der Waals surface area contributed by atoms with Gasteiger partial charge in [0.25, 0.3) is 0 Å². The molecule has 0 spiro atoms.